The Morgan fingerprint density at radius 3 is 2.64 bits per heavy atom. The van der Waals surface area contributed by atoms with Gasteiger partial charge in [-0.3, -0.25) is 14.3 Å². The van der Waals surface area contributed by atoms with Gasteiger partial charge in [-0.1, -0.05) is 11.6 Å². The largest absolute Gasteiger partial charge is 0.490 e. The molecule has 2 aliphatic rings. The minimum absolute atomic E-state index is 0.0179. The predicted octanol–water partition coefficient (Wildman–Crippen LogP) is 6.29. The van der Waals surface area contributed by atoms with Crippen molar-refractivity contribution in [1.29, 1.82) is 0 Å². The third kappa shape index (κ3) is 6.34. The number of aromatic nitrogens is 3. The van der Waals surface area contributed by atoms with Crippen molar-refractivity contribution in [2.45, 2.75) is 51.5 Å². The van der Waals surface area contributed by atoms with Gasteiger partial charge in [0.05, 0.1) is 35.5 Å². The van der Waals surface area contributed by atoms with Gasteiger partial charge in [0.1, 0.15) is 24.3 Å². The van der Waals surface area contributed by atoms with Crippen LogP contribution >= 0.6 is 11.6 Å². The molecule has 4 aromatic rings. The van der Waals surface area contributed by atoms with Gasteiger partial charge in [-0.25, -0.2) is 14.2 Å². The van der Waals surface area contributed by atoms with Crippen LogP contribution in [-0.4, -0.2) is 56.4 Å². The maximum absolute atomic E-state index is 14.0. The minimum Gasteiger partial charge on any atom is -0.490 e. The standard InChI is InChI=1S/C31H31ClF2N4O4/c32-21-2-4-28(25(34)14-21)41-17-22-15-24(5-10-35-22)42-23-6-11-37(12-7-23)16-29-36-26-3-1-20(30(39)40)13-27(26)38(29)19-31(18-33)8-9-31/h1-5,10,13-15,23H,6-9,11-12,16-19H2,(H,39,40). The lowest BCUT2D eigenvalue weighted by Crippen LogP contribution is -2.38. The average molecular weight is 597 g/mol. The van der Waals surface area contributed by atoms with Crippen molar-refractivity contribution in [3.63, 3.8) is 0 Å². The summed E-state index contributed by atoms with van der Waals surface area (Å²) in [5.74, 6) is 0.0757. The molecule has 0 bridgehead atoms. The number of ether oxygens (including phenoxy) is 2. The molecule has 1 aliphatic carbocycles. The first-order valence-corrected chi connectivity index (χ1v) is 14.4. The minimum atomic E-state index is -0.996. The van der Waals surface area contributed by atoms with Crippen molar-refractivity contribution >= 4 is 28.6 Å². The Morgan fingerprint density at radius 2 is 1.93 bits per heavy atom. The number of nitrogens with zero attached hydrogens (tertiary/aromatic N) is 4. The van der Waals surface area contributed by atoms with E-state index in [2.05, 4.69) is 9.88 Å². The highest BCUT2D eigenvalue weighted by Crippen LogP contribution is 2.48. The first-order valence-electron chi connectivity index (χ1n) is 14.0. The number of hydrogen-bond acceptors (Lipinski definition) is 6. The second kappa shape index (κ2) is 11.9. The summed E-state index contributed by atoms with van der Waals surface area (Å²) in [5, 5.41) is 9.80. The van der Waals surface area contributed by atoms with Crippen LogP contribution in [0, 0.1) is 11.2 Å². The smallest absolute Gasteiger partial charge is 0.335 e. The van der Waals surface area contributed by atoms with Gasteiger partial charge in [-0.2, -0.15) is 0 Å². The summed E-state index contributed by atoms with van der Waals surface area (Å²) in [6, 6.07) is 12.8. The molecule has 1 aliphatic heterocycles. The molecular formula is C31H31ClF2N4O4. The van der Waals surface area contributed by atoms with Crippen molar-refractivity contribution in [1.82, 2.24) is 19.4 Å². The van der Waals surface area contributed by atoms with E-state index in [9.17, 15) is 18.7 Å². The molecule has 11 heteroatoms. The Hall–Kier alpha value is -3.76. The number of carboxylic acids is 1. The summed E-state index contributed by atoms with van der Waals surface area (Å²) >= 11 is 5.80. The molecule has 0 atom stereocenters. The number of hydrogen-bond donors (Lipinski definition) is 1. The van der Waals surface area contributed by atoms with Crippen LogP contribution in [0.2, 0.25) is 5.02 Å². The van der Waals surface area contributed by atoms with Crippen molar-refractivity contribution in [3.8, 4) is 11.5 Å². The molecule has 2 aromatic carbocycles. The number of likely N-dealkylation sites (tertiary alicyclic amines) is 1. The van der Waals surface area contributed by atoms with E-state index in [0.717, 1.165) is 55.6 Å². The van der Waals surface area contributed by atoms with Crippen molar-refractivity contribution in [2.75, 3.05) is 19.8 Å². The Kier molecular flexibility index (Phi) is 8.00. The average Bonchev–Trinajstić information content (AvgIpc) is 3.69. The molecule has 2 aromatic heterocycles. The van der Waals surface area contributed by atoms with E-state index in [1.807, 2.05) is 4.57 Å². The summed E-state index contributed by atoms with van der Waals surface area (Å²) in [6.45, 7) is 2.36. The number of aromatic carboxylic acids is 1. The molecule has 42 heavy (non-hydrogen) atoms. The number of carbonyl (C=O) groups is 1. The van der Waals surface area contributed by atoms with Crippen LogP contribution in [0.4, 0.5) is 8.78 Å². The number of alkyl halides is 1. The summed E-state index contributed by atoms with van der Waals surface area (Å²) in [6.07, 6.45) is 4.93. The molecule has 6 rings (SSSR count). The Bertz CT molecular complexity index is 1600. The van der Waals surface area contributed by atoms with Crippen molar-refractivity contribution < 1.29 is 28.2 Å². The SMILES string of the molecule is O=C(O)c1ccc2nc(CN3CCC(Oc4ccnc(COc5ccc(Cl)cc5F)c4)CC3)n(CC3(CF)CC3)c2c1. The molecule has 1 N–H and O–H groups in total. The van der Waals surface area contributed by atoms with Crippen molar-refractivity contribution in [3.05, 3.63) is 82.6 Å². The van der Waals surface area contributed by atoms with E-state index in [1.165, 1.54) is 12.1 Å². The molecule has 0 spiro atoms. The number of rotatable bonds is 11. The number of pyridine rings is 1. The molecule has 0 unspecified atom stereocenters. The van der Waals surface area contributed by atoms with Gasteiger partial charge in [0, 0.05) is 42.3 Å². The summed E-state index contributed by atoms with van der Waals surface area (Å²) in [4.78, 5) is 23.0. The summed E-state index contributed by atoms with van der Waals surface area (Å²) in [5.41, 5.74) is 1.89. The zero-order chi connectivity index (χ0) is 29.3. The van der Waals surface area contributed by atoms with Gasteiger partial charge in [0.15, 0.2) is 11.6 Å². The van der Waals surface area contributed by atoms with E-state index in [-0.39, 0.29) is 29.4 Å². The van der Waals surface area contributed by atoms with E-state index >= 15 is 0 Å². The van der Waals surface area contributed by atoms with E-state index in [0.29, 0.717) is 29.6 Å². The molecule has 0 amide bonds. The number of piperidine rings is 1. The maximum atomic E-state index is 14.0. The number of halogens is 3. The monoisotopic (exact) mass is 596 g/mol. The molecule has 220 valence electrons. The number of benzene rings is 2. The lowest BCUT2D eigenvalue weighted by Gasteiger charge is -2.32. The van der Waals surface area contributed by atoms with Crippen LogP contribution < -0.4 is 9.47 Å². The van der Waals surface area contributed by atoms with Crippen molar-refractivity contribution in [2.24, 2.45) is 5.41 Å². The predicted molar refractivity (Wildman–Crippen MR) is 153 cm³/mol. The molecule has 1 saturated heterocycles. The molecule has 1 saturated carbocycles. The fourth-order valence-electron chi connectivity index (χ4n) is 5.38. The second-order valence-electron chi connectivity index (χ2n) is 11.2. The van der Waals surface area contributed by atoms with E-state index in [4.69, 9.17) is 26.1 Å². The second-order valence-corrected chi connectivity index (χ2v) is 11.6. The highest BCUT2D eigenvalue weighted by atomic mass is 35.5. The highest BCUT2D eigenvalue weighted by Gasteiger charge is 2.44. The van der Waals surface area contributed by atoms with Gasteiger partial charge in [-0.05, 0) is 68.1 Å². The topological polar surface area (TPSA) is 89.7 Å². The fourth-order valence-corrected chi connectivity index (χ4v) is 5.54. The maximum Gasteiger partial charge on any atom is 0.335 e. The Morgan fingerprint density at radius 1 is 1.12 bits per heavy atom. The fraction of sp³-hybridized carbons (Fsp3) is 0.387. The zero-order valence-corrected chi connectivity index (χ0v) is 23.7. The third-order valence-corrected chi connectivity index (χ3v) is 8.30. The van der Waals surface area contributed by atoms with Gasteiger partial charge in [0.25, 0.3) is 0 Å². The molecule has 8 nitrogen and oxygen atoms in total. The van der Waals surface area contributed by atoms with Gasteiger partial charge < -0.3 is 19.1 Å². The molecule has 2 fully saturated rings. The summed E-state index contributed by atoms with van der Waals surface area (Å²) in [7, 11) is 0. The van der Waals surface area contributed by atoms with E-state index in [1.54, 1.807) is 42.6 Å². The van der Waals surface area contributed by atoms with Gasteiger partial charge in [0.2, 0.25) is 0 Å². The van der Waals surface area contributed by atoms with Crippen LogP contribution in [0.15, 0.2) is 54.7 Å². The molecule has 0 radical (unpaired) electrons. The number of carboxylic acid groups (broad SMARTS) is 1. The normalized spacial score (nSPS) is 16.9. The highest BCUT2D eigenvalue weighted by molar-refractivity contribution is 6.30. The van der Waals surface area contributed by atoms with Gasteiger partial charge >= 0.3 is 5.97 Å². The number of imidazole rings is 1. The third-order valence-electron chi connectivity index (χ3n) is 8.07. The number of fused-ring (bicyclic) bond motifs is 1. The van der Waals surface area contributed by atoms with Crippen LogP contribution in [0.3, 0.4) is 0 Å². The zero-order valence-electron chi connectivity index (χ0n) is 22.9. The van der Waals surface area contributed by atoms with Gasteiger partial charge in [-0.15, -0.1) is 0 Å². The van der Waals surface area contributed by atoms with Crippen LogP contribution in [0.5, 0.6) is 11.5 Å². The van der Waals surface area contributed by atoms with E-state index < -0.39 is 18.5 Å². The molecular weight excluding hydrogens is 566 g/mol. The first kappa shape index (κ1) is 28.4. The Balaban J connectivity index is 1.08. The quantitative estimate of drug-likeness (QED) is 0.217. The first-order chi connectivity index (χ1) is 20.3. The van der Waals surface area contributed by atoms with Crippen LogP contribution in [0.1, 0.15) is 47.6 Å². The molecule has 3 heterocycles. The lowest BCUT2D eigenvalue weighted by molar-refractivity contribution is 0.0697. The van der Waals surface area contributed by atoms with Crippen LogP contribution in [-0.2, 0) is 19.7 Å². The van der Waals surface area contributed by atoms with Crippen LogP contribution in [0.25, 0.3) is 11.0 Å². The lowest BCUT2D eigenvalue weighted by atomic mass is 10.1. The Labute approximate surface area is 246 Å². The summed E-state index contributed by atoms with van der Waals surface area (Å²) < 4.78 is 41.7.